The van der Waals surface area contributed by atoms with Gasteiger partial charge in [-0.15, -0.1) is 0 Å². The molecule has 2 aromatic rings. The molecule has 2 heterocycles. The Morgan fingerprint density at radius 2 is 1.95 bits per heavy atom. The van der Waals surface area contributed by atoms with Gasteiger partial charge in [0.25, 0.3) is 0 Å². The summed E-state index contributed by atoms with van der Waals surface area (Å²) < 4.78 is 31.3. The van der Waals surface area contributed by atoms with Gasteiger partial charge in [-0.1, -0.05) is 5.16 Å². The second kappa shape index (κ2) is 5.68. The number of benzene rings is 1. The number of aromatic nitrogens is 1. The lowest BCUT2D eigenvalue weighted by Gasteiger charge is -2.25. The third kappa shape index (κ3) is 2.86. The predicted molar refractivity (Wildman–Crippen MR) is 70.0 cm³/mol. The molecule has 4 nitrogen and oxygen atoms in total. The van der Waals surface area contributed by atoms with Crippen molar-refractivity contribution in [2.45, 2.75) is 6.54 Å². The minimum absolute atomic E-state index is 0.453. The van der Waals surface area contributed by atoms with Gasteiger partial charge in [-0.25, -0.2) is 8.78 Å². The van der Waals surface area contributed by atoms with E-state index in [1.165, 1.54) is 6.07 Å². The average Bonchev–Trinajstić information content (AvgIpc) is 2.91. The van der Waals surface area contributed by atoms with Crippen LogP contribution in [0.1, 0.15) is 5.69 Å². The Morgan fingerprint density at radius 3 is 2.70 bits per heavy atom. The Bertz CT molecular complexity index is 594. The quantitative estimate of drug-likeness (QED) is 0.933. The molecule has 0 radical (unpaired) electrons. The summed E-state index contributed by atoms with van der Waals surface area (Å²) in [5.74, 6) is -1.30. The first-order valence-corrected chi connectivity index (χ1v) is 6.56. The van der Waals surface area contributed by atoms with E-state index in [-0.39, 0.29) is 0 Å². The van der Waals surface area contributed by atoms with Gasteiger partial charge in [-0.05, 0) is 18.2 Å². The van der Waals surface area contributed by atoms with Crippen LogP contribution in [0.25, 0.3) is 11.3 Å². The first-order chi connectivity index (χ1) is 9.72. The van der Waals surface area contributed by atoms with Gasteiger partial charge in [0.2, 0.25) is 0 Å². The van der Waals surface area contributed by atoms with Gasteiger partial charge >= 0.3 is 0 Å². The summed E-state index contributed by atoms with van der Waals surface area (Å²) in [6, 6.07) is 5.45. The largest absolute Gasteiger partial charge is 0.356 e. The second-order valence-corrected chi connectivity index (χ2v) is 4.84. The molecule has 20 heavy (non-hydrogen) atoms. The molecule has 0 aliphatic carbocycles. The number of rotatable bonds is 3. The van der Waals surface area contributed by atoms with Gasteiger partial charge in [0.15, 0.2) is 17.4 Å². The molecule has 0 amide bonds. The second-order valence-electron chi connectivity index (χ2n) is 4.84. The van der Waals surface area contributed by atoms with E-state index in [0.717, 1.165) is 44.0 Å². The van der Waals surface area contributed by atoms with Crippen LogP contribution in [-0.4, -0.2) is 36.2 Å². The maximum atomic E-state index is 13.2. The number of halogens is 2. The van der Waals surface area contributed by atoms with E-state index in [1.807, 2.05) is 0 Å². The molecule has 1 aliphatic rings. The monoisotopic (exact) mass is 279 g/mol. The molecule has 1 N–H and O–H groups in total. The number of nitrogens with one attached hydrogen (secondary N) is 1. The topological polar surface area (TPSA) is 41.3 Å². The van der Waals surface area contributed by atoms with Gasteiger partial charge in [0.1, 0.15) is 0 Å². The molecule has 0 atom stereocenters. The molecular weight excluding hydrogens is 264 g/mol. The van der Waals surface area contributed by atoms with E-state index in [1.54, 1.807) is 6.07 Å². The van der Waals surface area contributed by atoms with Crippen LogP contribution in [0.4, 0.5) is 8.78 Å². The summed E-state index contributed by atoms with van der Waals surface area (Å²) >= 11 is 0. The molecule has 0 bridgehead atoms. The van der Waals surface area contributed by atoms with Crippen molar-refractivity contribution in [3.8, 4) is 11.3 Å². The van der Waals surface area contributed by atoms with E-state index >= 15 is 0 Å². The molecular formula is C14H15F2N3O. The highest BCUT2D eigenvalue weighted by Gasteiger charge is 2.14. The Balaban J connectivity index is 1.73. The zero-order valence-corrected chi connectivity index (χ0v) is 10.9. The van der Waals surface area contributed by atoms with Gasteiger partial charge in [-0.2, -0.15) is 0 Å². The van der Waals surface area contributed by atoms with Crippen molar-refractivity contribution >= 4 is 0 Å². The van der Waals surface area contributed by atoms with Crippen molar-refractivity contribution < 1.29 is 13.3 Å². The SMILES string of the molecule is Fc1ccc(-c2cc(CN3CCNCC3)no2)cc1F. The van der Waals surface area contributed by atoms with Crippen molar-refractivity contribution in [2.75, 3.05) is 26.2 Å². The van der Waals surface area contributed by atoms with Gasteiger partial charge in [0.05, 0.1) is 5.69 Å². The molecule has 3 rings (SSSR count). The van der Waals surface area contributed by atoms with Gasteiger partial charge in [0, 0.05) is 44.4 Å². The van der Waals surface area contributed by atoms with Crippen LogP contribution >= 0.6 is 0 Å². The van der Waals surface area contributed by atoms with Crippen molar-refractivity contribution in [3.63, 3.8) is 0 Å². The molecule has 1 aromatic carbocycles. The first kappa shape index (κ1) is 13.2. The van der Waals surface area contributed by atoms with Crippen LogP contribution in [0.3, 0.4) is 0 Å². The van der Waals surface area contributed by atoms with Crippen LogP contribution < -0.4 is 5.32 Å². The highest BCUT2D eigenvalue weighted by atomic mass is 19.2. The minimum atomic E-state index is -0.887. The molecule has 0 unspecified atom stereocenters. The molecule has 0 spiro atoms. The van der Waals surface area contributed by atoms with Crippen molar-refractivity contribution in [3.05, 3.63) is 41.6 Å². The minimum Gasteiger partial charge on any atom is -0.356 e. The third-order valence-corrected chi connectivity index (χ3v) is 3.36. The van der Waals surface area contributed by atoms with Crippen LogP contribution in [0.2, 0.25) is 0 Å². The Hall–Kier alpha value is -1.79. The smallest absolute Gasteiger partial charge is 0.167 e. The van der Waals surface area contributed by atoms with Crippen molar-refractivity contribution in [2.24, 2.45) is 0 Å². The lowest BCUT2D eigenvalue weighted by molar-refractivity contribution is 0.227. The summed E-state index contributed by atoms with van der Waals surface area (Å²) in [6.07, 6.45) is 0. The van der Waals surface area contributed by atoms with Gasteiger partial charge in [-0.3, -0.25) is 4.90 Å². The fraction of sp³-hybridized carbons (Fsp3) is 0.357. The maximum absolute atomic E-state index is 13.2. The standard InChI is InChI=1S/C14H15F2N3O/c15-12-2-1-10(7-13(12)16)14-8-11(18-20-14)9-19-5-3-17-4-6-19/h1-2,7-8,17H,3-6,9H2. The van der Waals surface area contributed by atoms with Crippen LogP contribution in [0, 0.1) is 11.6 Å². The molecule has 106 valence electrons. The normalized spacial score (nSPS) is 16.5. The fourth-order valence-electron chi connectivity index (χ4n) is 2.27. The highest BCUT2D eigenvalue weighted by Crippen LogP contribution is 2.22. The number of nitrogens with zero attached hydrogens (tertiary/aromatic N) is 2. The summed E-state index contributed by atoms with van der Waals surface area (Å²) in [5, 5.41) is 7.27. The molecule has 1 fully saturated rings. The van der Waals surface area contributed by atoms with Gasteiger partial charge < -0.3 is 9.84 Å². The summed E-state index contributed by atoms with van der Waals surface area (Å²) in [4.78, 5) is 2.27. The van der Waals surface area contributed by atoms with Crippen LogP contribution in [0.15, 0.2) is 28.8 Å². The van der Waals surface area contributed by atoms with Crippen LogP contribution in [0.5, 0.6) is 0 Å². The zero-order chi connectivity index (χ0) is 13.9. The molecule has 1 aliphatic heterocycles. The van der Waals surface area contributed by atoms with E-state index in [2.05, 4.69) is 15.4 Å². The van der Waals surface area contributed by atoms with E-state index in [0.29, 0.717) is 17.9 Å². The van der Waals surface area contributed by atoms with Crippen LogP contribution in [-0.2, 0) is 6.54 Å². The Morgan fingerprint density at radius 1 is 1.15 bits per heavy atom. The molecule has 0 saturated carbocycles. The van der Waals surface area contributed by atoms with E-state index < -0.39 is 11.6 Å². The number of hydrogen-bond acceptors (Lipinski definition) is 4. The van der Waals surface area contributed by atoms with E-state index in [9.17, 15) is 8.78 Å². The maximum Gasteiger partial charge on any atom is 0.167 e. The average molecular weight is 279 g/mol. The molecule has 1 saturated heterocycles. The highest BCUT2D eigenvalue weighted by molar-refractivity contribution is 5.57. The van der Waals surface area contributed by atoms with E-state index in [4.69, 9.17) is 4.52 Å². The summed E-state index contributed by atoms with van der Waals surface area (Å²) in [7, 11) is 0. The molecule has 1 aromatic heterocycles. The predicted octanol–water partition coefficient (Wildman–Crippen LogP) is 2.02. The molecule has 6 heteroatoms. The first-order valence-electron chi connectivity index (χ1n) is 6.56. The van der Waals surface area contributed by atoms with Crippen molar-refractivity contribution in [1.29, 1.82) is 0 Å². The third-order valence-electron chi connectivity index (χ3n) is 3.36. The Labute approximate surface area is 115 Å². The Kier molecular flexibility index (Phi) is 3.75. The number of piperazine rings is 1. The summed E-state index contributed by atoms with van der Waals surface area (Å²) in [6.45, 7) is 4.57. The number of hydrogen-bond donors (Lipinski definition) is 1. The summed E-state index contributed by atoms with van der Waals surface area (Å²) in [5.41, 5.74) is 1.29. The fourth-order valence-corrected chi connectivity index (χ4v) is 2.27. The lowest BCUT2D eigenvalue weighted by Crippen LogP contribution is -2.42. The van der Waals surface area contributed by atoms with Crippen molar-refractivity contribution in [1.82, 2.24) is 15.4 Å². The zero-order valence-electron chi connectivity index (χ0n) is 10.9. The lowest BCUT2D eigenvalue weighted by atomic mass is 10.1.